The average molecular weight is 306 g/mol. The number of hydrogen-bond acceptors (Lipinski definition) is 0. The number of benzene rings is 2. The minimum Gasteiger partial charge on any atom is -0.0564 e. The van der Waals surface area contributed by atoms with Crippen molar-refractivity contribution < 1.29 is 0 Å². The lowest BCUT2D eigenvalue weighted by Gasteiger charge is -2.26. The van der Waals surface area contributed by atoms with Crippen molar-refractivity contribution in [3.05, 3.63) is 76.2 Å². The fourth-order valence-electron chi connectivity index (χ4n) is 2.78. The SMILES string of the molecule is Cc1cc(C)cc([C]c2cc(C(C)(C)C)cc(C(C)(C)C)c2)c1. The fourth-order valence-corrected chi connectivity index (χ4v) is 2.78. The molecular weight excluding hydrogens is 276 g/mol. The maximum Gasteiger partial charge on any atom is 0.0502 e. The van der Waals surface area contributed by atoms with Crippen molar-refractivity contribution >= 4 is 0 Å². The zero-order chi connectivity index (χ0) is 17.4. The van der Waals surface area contributed by atoms with Crippen LogP contribution in [0.15, 0.2) is 36.4 Å². The summed E-state index contributed by atoms with van der Waals surface area (Å²) in [5.74, 6) is 0. The van der Waals surface area contributed by atoms with E-state index in [1.54, 1.807) is 0 Å². The first-order valence-electron chi connectivity index (χ1n) is 8.46. The van der Waals surface area contributed by atoms with Gasteiger partial charge in [0.05, 0.1) is 6.42 Å². The van der Waals surface area contributed by atoms with Crippen LogP contribution >= 0.6 is 0 Å². The molecule has 0 aliphatic carbocycles. The van der Waals surface area contributed by atoms with Crippen molar-refractivity contribution in [2.24, 2.45) is 0 Å². The molecule has 0 bridgehead atoms. The lowest BCUT2D eigenvalue weighted by Crippen LogP contribution is -2.17. The first kappa shape index (κ1) is 17.8. The van der Waals surface area contributed by atoms with Gasteiger partial charge in [0.25, 0.3) is 0 Å². The van der Waals surface area contributed by atoms with Gasteiger partial charge in [0.15, 0.2) is 0 Å². The van der Waals surface area contributed by atoms with Crippen LogP contribution in [0.2, 0.25) is 0 Å². The quantitative estimate of drug-likeness (QED) is 0.604. The average Bonchev–Trinajstić information content (AvgIpc) is 2.34. The van der Waals surface area contributed by atoms with Crippen LogP contribution in [0, 0.1) is 20.3 Å². The van der Waals surface area contributed by atoms with E-state index in [1.165, 1.54) is 27.8 Å². The van der Waals surface area contributed by atoms with Gasteiger partial charge in [-0.2, -0.15) is 0 Å². The highest BCUT2D eigenvalue weighted by Crippen LogP contribution is 2.31. The van der Waals surface area contributed by atoms with Gasteiger partial charge in [0, 0.05) is 0 Å². The minimum atomic E-state index is 0.139. The molecule has 0 fully saturated rings. The molecule has 2 rings (SSSR count). The first-order valence-corrected chi connectivity index (χ1v) is 8.46. The highest BCUT2D eigenvalue weighted by molar-refractivity contribution is 5.46. The van der Waals surface area contributed by atoms with Crippen molar-refractivity contribution in [1.29, 1.82) is 0 Å². The predicted octanol–water partition coefficient (Wildman–Crippen LogP) is 6.38. The van der Waals surface area contributed by atoms with Crippen molar-refractivity contribution in [3.8, 4) is 0 Å². The second kappa shape index (κ2) is 6.15. The van der Waals surface area contributed by atoms with Crippen LogP contribution in [0.1, 0.15) is 74.9 Å². The molecule has 0 heteroatoms. The molecule has 2 aromatic carbocycles. The summed E-state index contributed by atoms with van der Waals surface area (Å²) < 4.78 is 0. The van der Waals surface area contributed by atoms with Crippen LogP contribution in [0.25, 0.3) is 0 Å². The van der Waals surface area contributed by atoms with E-state index in [-0.39, 0.29) is 10.8 Å². The van der Waals surface area contributed by atoms with E-state index in [9.17, 15) is 0 Å². The Morgan fingerprint density at radius 3 is 1.35 bits per heavy atom. The molecule has 0 saturated carbocycles. The number of hydrogen-bond donors (Lipinski definition) is 0. The topological polar surface area (TPSA) is 0 Å². The van der Waals surface area contributed by atoms with E-state index in [1.807, 2.05) is 0 Å². The summed E-state index contributed by atoms with van der Waals surface area (Å²) in [6.45, 7) is 17.9. The van der Waals surface area contributed by atoms with E-state index in [0.29, 0.717) is 0 Å². The molecule has 2 radical (unpaired) electrons. The molecule has 2 aromatic rings. The number of aryl methyl sites for hydroxylation is 2. The third kappa shape index (κ3) is 4.70. The van der Waals surface area contributed by atoms with Crippen molar-refractivity contribution in [2.75, 3.05) is 0 Å². The molecule has 0 spiro atoms. The molecular formula is C23H30. The Hall–Kier alpha value is -1.56. The van der Waals surface area contributed by atoms with E-state index >= 15 is 0 Å². The molecule has 0 saturated heterocycles. The Labute approximate surface area is 143 Å². The summed E-state index contributed by atoms with van der Waals surface area (Å²) in [5, 5.41) is 0. The van der Waals surface area contributed by atoms with Gasteiger partial charge in [-0.1, -0.05) is 89.1 Å². The van der Waals surface area contributed by atoms with Gasteiger partial charge in [-0.15, -0.1) is 0 Å². The maximum absolute atomic E-state index is 3.61. The van der Waals surface area contributed by atoms with Crippen molar-refractivity contribution in [1.82, 2.24) is 0 Å². The summed E-state index contributed by atoms with van der Waals surface area (Å²) in [5.41, 5.74) is 7.93. The summed E-state index contributed by atoms with van der Waals surface area (Å²) in [6, 6.07) is 13.5. The standard InChI is InChI=1S/C23H30/c1-16-9-17(2)11-18(10-16)12-19-13-20(22(3,4)5)15-21(14-19)23(6,7)8/h9-11,13-15H,1-8H3. The van der Waals surface area contributed by atoms with Crippen molar-refractivity contribution in [3.63, 3.8) is 0 Å². The lowest BCUT2D eigenvalue weighted by molar-refractivity contribution is 0.568. The van der Waals surface area contributed by atoms with Crippen LogP contribution in [-0.4, -0.2) is 0 Å². The molecule has 0 amide bonds. The highest BCUT2D eigenvalue weighted by Gasteiger charge is 2.20. The molecule has 0 aliphatic rings. The summed E-state index contributed by atoms with van der Waals surface area (Å²) in [4.78, 5) is 0. The molecule has 0 nitrogen and oxygen atoms in total. The van der Waals surface area contributed by atoms with E-state index in [2.05, 4.69) is 98.2 Å². The lowest BCUT2D eigenvalue weighted by atomic mass is 9.79. The molecule has 0 aromatic heterocycles. The summed E-state index contributed by atoms with van der Waals surface area (Å²) in [7, 11) is 0. The minimum absolute atomic E-state index is 0.139. The molecule has 0 aliphatic heterocycles. The molecule has 0 N–H and O–H groups in total. The largest absolute Gasteiger partial charge is 0.0564 e. The van der Waals surface area contributed by atoms with Crippen LogP contribution in [0.5, 0.6) is 0 Å². The van der Waals surface area contributed by atoms with E-state index in [4.69, 9.17) is 0 Å². The Morgan fingerprint density at radius 2 is 0.957 bits per heavy atom. The van der Waals surface area contributed by atoms with Gasteiger partial charge in [-0.3, -0.25) is 0 Å². The van der Waals surface area contributed by atoms with E-state index in [0.717, 1.165) is 5.56 Å². The second-order valence-electron chi connectivity index (χ2n) is 8.80. The molecule has 0 atom stereocenters. The Morgan fingerprint density at radius 1 is 0.565 bits per heavy atom. The predicted molar refractivity (Wildman–Crippen MR) is 101 cm³/mol. The van der Waals surface area contributed by atoms with Gasteiger partial charge < -0.3 is 0 Å². The van der Waals surface area contributed by atoms with Gasteiger partial charge in [-0.25, -0.2) is 0 Å². The second-order valence-corrected chi connectivity index (χ2v) is 8.80. The van der Waals surface area contributed by atoms with Gasteiger partial charge >= 0.3 is 0 Å². The van der Waals surface area contributed by atoms with E-state index < -0.39 is 0 Å². The Balaban J connectivity index is 2.49. The fraction of sp³-hybridized carbons (Fsp3) is 0.435. The number of rotatable bonds is 2. The third-order valence-corrected chi connectivity index (χ3v) is 4.18. The maximum atomic E-state index is 3.61. The monoisotopic (exact) mass is 306 g/mol. The van der Waals surface area contributed by atoms with Crippen LogP contribution in [0.3, 0.4) is 0 Å². The van der Waals surface area contributed by atoms with Crippen LogP contribution < -0.4 is 0 Å². The summed E-state index contributed by atoms with van der Waals surface area (Å²) in [6.07, 6.45) is 3.61. The Bertz CT molecular complexity index is 638. The van der Waals surface area contributed by atoms with Crippen molar-refractivity contribution in [2.45, 2.75) is 66.2 Å². The Kier molecular flexibility index (Phi) is 4.76. The molecule has 122 valence electrons. The zero-order valence-electron chi connectivity index (χ0n) is 16.0. The summed E-state index contributed by atoms with van der Waals surface area (Å²) >= 11 is 0. The van der Waals surface area contributed by atoms with Crippen LogP contribution in [-0.2, 0) is 10.8 Å². The zero-order valence-corrected chi connectivity index (χ0v) is 16.0. The molecule has 23 heavy (non-hydrogen) atoms. The van der Waals surface area contributed by atoms with Gasteiger partial charge in [-0.05, 0) is 46.9 Å². The third-order valence-electron chi connectivity index (χ3n) is 4.18. The normalized spacial score (nSPS) is 12.5. The molecule has 0 heterocycles. The molecule has 0 unspecified atom stereocenters. The smallest absolute Gasteiger partial charge is 0.0502 e. The first-order chi connectivity index (χ1) is 10.4. The van der Waals surface area contributed by atoms with Gasteiger partial charge in [0.1, 0.15) is 0 Å². The van der Waals surface area contributed by atoms with Crippen LogP contribution in [0.4, 0.5) is 0 Å². The van der Waals surface area contributed by atoms with Gasteiger partial charge in [0.2, 0.25) is 0 Å². The highest BCUT2D eigenvalue weighted by atomic mass is 14.2.